The molecule has 228 valence electrons. The van der Waals surface area contributed by atoms with Gasteiger partial charge in [-0.05, 0) is 34.3 Å². The third-order valence-corrected chi connectivity index (χ3v) is 13.6. The van der Waals surface area contributed by atoms with Crippen LogP contribution in [-0.2, 0) is 11.0 Å². The van der Waals surface area contributed by atoms with Crippen LogP contribution in [0, 0.1) is 5.82 Å². The molecule has 0 amide bonds. The summed E-state index contributed by atoms with van der Waals surface area (Å²) in [6.45, 7) is 8.69. The molecule has 1 aliphatic heterocycles. The fourth-order valence-corrected chi connectivity index (χ4v) is 11.2. The van der Waals surface area contributed by atoms with Gasteiger partial charge in [0.15, 0.2) is 5.82 Å². The molecule has 0 unspecified atom stereocenters. The van der Waals surface area contributed by atoms with E-state index in [0.717, 1.165) is 36.6 Å². The normalized spacial score (nSPS) is 15.6. The quantitative estimate of drug-likeness (QED) is 0.194. The Kier molecular flexibility index (Phi) is 8.37. The van der Waals surface area contributed by atoms with E-state index in [-0.39, 0.29) is 16.9 Å². The molecule has 1 aliphatic rings. The molecular weight excluding hydrogens is 571 g/mol. The van der Waals surface area contributed by atoms with Crippen molar-refractivity contribution in [3.63, 3.8) is 0 Å². The lowest BCUT2D eigenvalue weighted by atomic mass is 10.1. The monoisotopic (exact) mass is 610 g/mol. The Morgan fingerprint density at radius 2 is 1.57 bits per heavy atom. The highest BCUT2D eigenvalue weighted by atomic mass is 28.4. The van der Waals surface area contributed by atoms with E-state index in [0.29, 0.717) is 19.0 Å². The van der Waals surface area contributed by atoms with Crippen LogP contribution in [0.1, 0.15) is 45.2 Å². The van der Waals surface area contributed by atoms with Gasteiger partial charge in [0.25, 0.3) is 8.32 Å². The number of nitrogens with zero attached hydrogens (tertiary/aromatic N) is 6. The molecule has 6 rings (SSSR count). The maximum absolute atomic E-state index is 14.3. The molecule has 3 aromatic heterocycles. The number of benzene rings is 2. The van der Waals surface area contributed by atoms with Crippen molar-refractivity contribution in [3.05, 3.63) is 109 Å². The first-order valence-corrected chi connectivity index (χ1v) is 17.0. The molecule has 0 spiro atoms. The molecule has 44 heavy (non-hydrogen) atoms. The second-order valence-corrected chi connectivity index (χ2v) is 16.4. The van der Waals surface area contributed by atoms with E-state index in [4.69, 9.17) is 14.3 Å². The lowest BCUT2D eigenvalue weighted by Crippen LogP contribution is -2.66. The highest BCUT2D eigenvalue weighted by Crippen LogP contribution is 2.40. The van der Waals surface area contributed by atoms with Crippen molar-refractivity contribution in [2.75, 3.05) is 25.2 Å². The Bertz CT molecular complexity index is 1650. The maximum atomic E-state index is 14.3. The van der Waals surface area contributed by atoms with Gasteiger partial charge in [-0.15, -0.1) is 0 Å². The van der Waals surface area contributed by atoms with Gasteiger partial charge in [-0.2, -0.15) is 14.9 Å². The average molecular weight is 611 g/mol. The zero-order chi connectivity index (χ0) is 30.7. The lowest BCUT2D eigenvalue weighted by Gasteiger charge is -2.43. The predicted octanol–water partition coefficient (Wildman–Crippen LogP) is 5.53. The Hall–Kier alpha value is -4.28. The summed E-state index contributed by atoms with van der Waals surface area (Å²) in [6.07, 6.45) is 6.60. The smallest absolute Gasteiger partial charge is 0.261 e. The highest BCUT2D eigenvalue weighted by molar-refractivity contribution is 6.99. The molecule has 10 heteroatoms. The van der Waals surface area contributed by atoms with E-state index >= 15 is 0 Å². The van der Waals surface area contributed by atoms with E-state index < -0.39 is 8.32 Å². The molecule has 2 aromatic carbocycles. The third kappa shape index (κ3) is 5.44. The summed E-state index contributed by atoms with van der Waals surface area (Å²) in [5.41, 5.74) is 0.741. The van der Waals surface area contributed by atoms with Gasteiger partial charge in [0.2, 0.25) is 5.88 Å². The van der Waals surface area contributed by atoms with Crippen molar-refractivity contribution in [2.24, 2.45) is 0 Å². The summed E-state index contributed by atoms with van der Waals surface area (Å²) in [4.78, 5) is 6.44. The minimum absolute atomic E-state index is 0.0848. The van der Waals surface area contributed by atoms with E-state index in [9.17, 15) is 4.39 Å². The second kappa shape index (κ2) is 12.4. The van der Waals surface area contributed by atoms with Crippen molar-refractivity contribution >= 4 is 24.5 Å². The fourth-order valence-electron chi connectivity index (χ4n) is 6.63. The van der Waals surface area contributed by atoms with Crippen LogP contribution in [0.3, 0.4) is 0 Å². The number of rotatable bonds is 10. The second-order valence-electron chi connectivity index (χ2n) is 12.1. The first kappa shape index (κ1) is 29.8. The van der Waals surface area contributed by atoms with E-state index in [1.807, 2.05) is 21.5 Å². The van der Waals surface area contributed by atoms with Crippen LogP contribution < -0.4 is 20.0 Å². The van der Waals surface area contributed by atoms with Gasteiger partial charge in [-0.1, -0.05) is 81.4 Å². The van der Waals surface area contributed by atoms with Crippen LogP contribution in [0.5, 0.6) is 5.88 Å². The SMILES string of the molecule is COc1ncc(F)cc1[C@H]1CCCN1c1ccnn1-c1ccnn1CCO[Si](c1ccccc1)(c1ccccc1)C(C)(C)C. The molecule has 0 bridgehead atoms. The van der Waals surface area contributed by atoms with Crippen LogP contribution >= 0.6 is 0 Å². The van der Waals surface area contributed by atoms with Gasteiger partial charge in [-0.25, -0.2) is 14.1 Å². The summed E-state index contributed by atoms with van der Waals surface area (Å²) in [5.74, 6) is 1.82. The summed E-state index contributed by atoms with van der Waals surface area (Å²) >= 11 is 0. The highest BCUT2D eigenvalue weighted by Gasteiger charge is 2.50. The number of methoxy groups -OCH3 is 1. The molecule has 5 aromatic rings. The van der Waals surface area contributed by atoms with Gasteiger partial charge < -0.3 is 14.1 Å². The minimum Gasteiger partial charge on any atom is -0.481 e. The van der Waals surface area contributed by atoms with E-state index in [1.165, 1.54) is 22.6 Å². The first-order valence-electron chi connectivity index (χ1n) is 15.1. The topological polar surface area (TPSA) is 70.2 Å². The molecule has 1 saturated heterocycles. The lowest BCUT2D eigenvalue weighted by molar-refractivity contribution is 0.273. The molecule has 1 atom stereocenters. The zero-order valence-corrected chi connectivity index (χ0v) is 26.7. The Morgan fingerprint density at radius 1 is 0.909 bits per heavy atom. The number of hydrogen-bond acceptors (Lipinski definition) is 6. The predicted molar refractivity (Wildman–Crippen MR) is 173 cm³/mol. The van der Waals surface area contributed by atoms with Crippen LogP contribution in [-0.4, -0.2) is 53.1 Å². The molecule has 0 N–H and O–H groups in total. The molecule has 0 saturated carbocycles. The molecule has 1 fully saturated rings. The van der Waals surface area contributed by atoms with Crippen LogP contribution in [0.2, 0.25) is 5.04 Å². The van der Waals surface area contributed by atoms with Crippen molar-refractivity contribution < 1.29 is 13.6 Å². The largest absolute Gasteiger partial charge is 0.481 e. The Balaban J connectivity index is 1.29. The van der Waals surface area contributed by atoms with Gasteiger partial charge in [-0.3, -0.25) is 0 Å². The van der Waals surface area contributed by atoms with Crippen molar-refractivity contribution in [1.82, 2.24) is 24.5 Å². The number of pyridine rings is 1. The Morgan fingerprint density at radius 3 is 2.23 bits per heavy atom. The standard InChI is InChI=1S/C34H39FN6O2Si/c1-34(2,3)44(27-12-7-5-8-13-27,28-14-9-6-10-15-28)43-23-22-40-32(18-19-37-40)41-31(17-20-38-41)39-21-11-16-30(39)29-24-26(35)25-36-33(29)42-4/h5-10,12-15,17-20,24-25,30H,11,16,21-23H2,1-4H3/t30-/m1/s1. The van der Waals surface area contributed by atoms with Crippen LogP contribution in [0.15, 0.2) is 97.5 Å². The number of hydrogen-bond donors (Lipinski definition) is 0. The van der Waals surface area contributed by atoms with Gasteiger partial charge in [0.1, 0.15) is 11.6 Å². The Labute approximate surface area is 259 Å². The third-order valence-electron chi connectivity index (χ3n) is 8.52. The zero-order valence-electron chi connectivity index (χ0n) is 25.7. The average Bonchev–Trinajstić information content (AvgIpc) is 3.80. The van der Waals surface area contributed by atoms with Crippen LogP contribution in [0.25, 0.3) is 5.82 Å². The summed E-state index contributed by atoms with van der Waals surface area (Å²) < 4.78 is 30.8. The van der Waals surface area contributed by atoms with Crippen molar-refractivity contribution in [2.45, 2.75) is 51.2 Å². The van der Waals surface area contributed by atoms with Gasteiger partial charge >= 0.3 is 0 Å². The molecule has 8 nitrogen and oxygen atoms in total. The minimum atomic E-state index is -2.68. The van der Waals surface area contributed by atoms with Crippen LogP contribution in [0.4, 0.5) is 10.2 Å². The number of aromatic nitrogens is 5. The van der Waals surface area contributed by atoms with E-state index in [2.05, 4.69) is 96.4 Å². The van der Waals surface area contributed by atoms with Gasteiger partial charge in [0, 0.05) is 24.2 Å². The summed E-state index contributed by atoms with van der Waals surface area (Å²) in [6, 6.07) is 26.7. The first-order chi connectivity index (χ1) is 21.3. The number of halogens is 1. The summed E-state index contributed by atoms with van der Waals surface area (Å²) in [7, 11) is -1.11. The molecule has 0 aliphatic carbocycles. The van der Waals surface area contributed by atoms with E-state index in [1.54, 1.807) is 19.5 Å². The van der Waals surface area contributed by atoms with Crippen molar-refractivity contribution in [3.8, 4) is 11.7 Å². The molecule has 0 radical (unpaired) electrons. The van der Waals surface area contributed by atoms with Crippen molar-refractivity contribution in [1.29, 1.82) is 0 Å². The maximum Gasteiger partial charge on any atom is 0.261 e. The number of anilines is 1. The number of ether oxygens (including phenoxy) is 1. The summed E-state index contributed by atoms with van der Waals surface area (Å²) in [5, 5.41) is 11.8. The molecule has 4 heterocycles. The molecular formula is C34H39FN6O2Si. The van der Waals surface area contributed by atoms with Gasteiger partial charge in [0.05, 0.1) is 44.9 Å². The fraction of sp³-hybridized carbons (Fsp3) is 0.324.